The highest BCUT2D eigenvalue weighted by Crippen LogP contribution is 2.20. The van der Waals surface area contributed by atoms with Crippen molar-refractivity contribution in [1.29, 1.82) is 0 Å². The van der Waals surface area contributed by atoms with Gasteiger partial charge in [-0.3, -0.25) is 14.4 Å². The monoisotopic (exact) mass is 475 g/mol. The van der Waals surface area contributed by atoms with Crippen LogP contribution < -0.4 is 22.1 Å². The lowest BCUT2D eigenvalue weighted by Gasteiger charge is -2.29. The normalized spacial score (nSPS) is 19.7. The van der Waals surface area contributed by atoms with E-state index in [1.165, 1.54) is 11.8 Å². The summed E-state index contributed by atoms with van der Waals surface area (Å²) in [7, 11) is 0. The van der Waals surface area contributed by atoms with Gasteiger partial charge in [0, 0.05) is 6.54 Å². The van der Waals surface area contributed by atoms with Crippen LogP contribution in [0.2, 0.25) is 0 Å². The van der Waals surface area contributed by atoms with Gasteiger partial charge in [-0.2, -0.15) is 11.8 Å². The number of rotatable bonds is 14. The van der Waals surface area contributed by atoms with Gasteiger partial charge in [-0.15, -0.1) is 0 Å². The van der Waals surface area contributed by atoms with Crippen molar-refractivity contribution in [3.05, 3.63) is 0 Å². The van der Waals surface area contributed by atoms with Crippen LogP contribution >= 0.6 is 11.8 Å². The fourth-order valence-corrected chi connectivity index (χ4v) is 4.05. The second-order valence-corrected chi connectivity index (χ2v) is 8.97. The van der Waals surface area contributed by atoms with E-state index in [1.54, 1.807) is 11.8 Å². The third kappa shape index (κ3) is 8.57. The Hall–Kier alpha value is -1.89. The van der Waals surface area contributed by atoms with Crippen LogP contribution in [-0.2, 0) is 19.2 Å². The number of thioether (sulfide) groups is 1. The minimum absolute atomic E-state index is 0.245. The van der Waals surface area contributed by atoms with Crippen molar-refractivity contribution < 1.29 is 29.4 Å². The number of hydrogen-bond acceptors (Lipinski definition) is 8. The molecule has 5 unspecified atom stereocenters. The Morgan fingerprint density at radius 2 is 1.88 bits per heavy atom. The zero-order valence-electron chi connectivity index (χ0n) is 18.8. The van der Waals surface area contributed by atoms with E-state index >= 15 is 0 Å². The first-order valence-electron chi connectivity index (χ1n) is 10.9. The quantitative estimate of drug-likeness (QED) is 0.165. The van der Waals surface area contributed by atoms with Crippen LogP contribution in [0.4, 0.5) is 0 Å². The van der Waals surface area contributed by atoms with Crippen LogP contribution in [0.3, 0.4) is 0 Å². The molecule has 0 radical (unpaired) electrons. The number of unbranched alkanes of at least 4 members (excludes halogenated alkanes) is 1. The van der Waals surface area contributed by atoms with Crippen LogP contribution in [0.5, 0.6) is 0 Å². The molecule has 1 saturated heterocycles. The van der Waals surface area contributed by atoms with Crippen molar-refractivity contribution in [3.63, 3.8) is 0 Å². The predicted molar refractivity (Wildman–Crippen MR) is 122 cm³/mol. The summed E-state index contributed by atoms with van der Waals surface area (Å²) >= 11 is 1.58. The van der Waals surface area contributed by atoms with Gasteiger partial charge in [0.2, 0.25) is 17.7 Å². The van der Waals surface area contributed by atoms with E-state index < -0.39 is 48.1 Å². The number of aliphatic hydroxyl groups is 1. The summed E-state index contributed by atoms with van der Waals surface area (Å²) in [6.07, 6.45) is 3.61. The summed E-state index contributed by atoms with van der Waals surface area (Å²) in [6, 6.07) is -3.95. The summed E-state index contributed by atoms with van der Waals surface area (Å²) in [4.78, 5) is 51.2. The Labute approximate surface area is 193 Å². The van der Waals surface area contributed by atoms with Crippen LogP contribution in [0, 0.1) is 0 Å². The molecule has 5 atom stereocenters. The molecule has 1 aliphatic rings. The fourth-order valence-electron chi connectivity index (χ4n) is 3.56. The van der Waals surface area contributed by atoms with Gasteiger partial charge >= 0.3 is 5.97 Å². The lowest BCUT2D eigenvalue weighted by molar-refractivity contribution is -0.145. The molecule has 0 bridgehead atoms. The number of carboxylic acid groups (broad SMARTS) is 1. The largest absolute Gasteiger partial charge is 0.480 e. The molecule has 0 saturated carbocycles. The van der Waals surface area contributed by atoms with Crippen molar-refractivity contribution in [2.45, 2.75) is 75.7 Å². The Kier molecular flexibility index (Phi) is 12.6. The molecule has 1 aliphatic heterocycles. The summed E-state index contributed by atoms with van der Waals surface area (Å²) in [6.45, 7) is 2.08. The summed E-state index contributed by atoms with van der Waals surface area (Å²) in [5.74, 6) is -2.14. The van der Waals surface area contributed by atoms with Crippen LogP contribution in [0.15, 0.2) is 0 Å². The molecule has 1 rings (SSSR count). The second kappa shape index (κ2) is 14.3. The zero-order valence-corrected chi connectivity index (χ0v) is 19.6. The van der Waals surface area contributed by atoms with Gasteiger partial charge in [0.25, 0.3) is 0 Å². The molecule has 1 fully saturated rings. The topological polar surface area (TPSA) is 188 Å². The summed E-state index contributed by atoms with van der Waals surface area (Å²) in [5.41, 5.74) is 11.5. The Morgan fingerprint density at radius 1 is 1.19 bits per heavy atom. The number of carboxylic acids is 1. The van der Waals surface area contributed by atoms with Crippen molar-refractivity contribution in [2.75, 3.05) is 25.1 Å². The summed E-state index contributed by atoms with van der Waals surface area (Å²) in [5, 5.41) is 23.8. The SMILES string of the molecule is CSCCC(N)C(=O)N1CCCC1C(=O)NC(CCCCN)C(=O)NC(C(=O)O)C(C)O. The van der Waals surface area contributed by atoms with Gasteiger partial charge in [0.15, 0.2) is 6.04 Å². The lowest BCUT2D eigenvalue weighted by atomic mass is 10.1. The highest BCUT2D eigenvalue weighted by molar-refractivity contribution is 7.98. The van der Waals surface area contributed by atoms with Crippen LogP contribution in [0.25, 0.3) is 0 Å². The first kappa shape index (κ1) is 28.1. The van der Waals surface area contributed by atoms with E-state index in [2.05, 4.69) is 10.6 Å². The maximum Gasteiger partial charge on any atom is 0.328 e. The molecule has 184 valence electrons. The molecule has 32 heavy (non-hydrogen) atoms. The maximum atomic E-state index is 13.0. The van der Waals surface area contributed by atoms with Crippen molar-refractivity contribution >= 4 is 35.5 Å². The van der Waals surface area contributed by atoms with Crippen LogP contribution in [0.1, 0.15) is 45.4 Å². The number of amides is 3. The van der Waals surface area contributed by atoms with E-state index in [0.29, 0.717) is 45.2 Å². The fraction of sp³-hybridized carbons (Fsp3) is 0.800. The molecule has 1 heterocycles. The molecular weight excluding hydrogens is 438 g/mol. The van der Waals surface area contributed by atoms with E-state index in [1.807, 2.05) is 6.26 Å². The van der Waals surface area contributed by atoms with Gasteiger partial charge < -0.3 is 37.2 Å². The number of likely N-dealkylation sites (tertiary alicyclic amines) is 1. The minimum Gasteiger partial charge on any atom is -0.480 e. The molecule has 0 aromatic heterocycles. The van der Waals surface area contributed by atoms with Gasteiger partial charge in [-0.1, -0.05) is 0 Å². The molecule has 0 aromatic carbocycles. The van der Waals surface area contributed by atoms with Gasteiger partial charge in [0.1, 0.15) is 12.1 Å². The van der Waals surface area contributed by atoms with E-state index in [-0.39, 0.29) is 12.3 Å². The zero-order chi connectivity index (χ0) is 24.3. The number of carbonyl (C=O) groups excluding carboxylic acids is 3. The number of nitrogens with one attached hydrogen (secondary N) is 2. The number of nitrogens with two attached hydrogens (primary N) is 2. The van der Waals surface area contributed by atoms with E-state index in [9.17, 15) is 29.4 Å². The third-order valence-corrected chi connectivity index (χ3v) is 6.06. The molecule has 0 aliphatic carbocycles. The molecule has 0 aromatic rings. The van der Waals surface area contributed by atoms with Crippen molar-refractivity contribution in [3.8, 4) is 0 Å². The Balaban J connectivity index is 2.88. The van der Waals surface area contributed by atoms with Gasteiger partial charge in [-0.05, 0) is 64.0 Å². The smallest absolute Gasteiger partial charge is 0.328 e. The van der Waals surface area contributed by atoms with E-state index in [0.717, 1.165) is 5.75 Å². The number of carbonyl (C=O) groups is 4. The lowest BCUT2D eigenvalue weighted by Crippen LogP contribution is -2.57. The first-order valence-corrected chi connectivity index (χ1v) is 12.3. The number of aliphatic hydroxyl groups excluding tert-OH is 1. The summed E-state index contributed by atoms with van der Waals surface area (Å²) < 4.78 is 0. The minimum atomic E-state index is -1.50. The Bertz CT molecular complexity index is 650. The third-order valence-electron chi connectivity index (χ3n) is 5.41. The number of aliphatic carboxylic acids is 1. The number of hydrogen-bond donors (Lipinski definition) is 6. The van der Waals surface area contributed by atoms with Gasteiger partial charge in [-0.25, -0.2) is 4.79 Å². The molecule has 0 spiro atoms. The molecule has 12 heteroatoms. The number of nitrogens with zero attached hydrogens (tertiary/aromatic N) is 1. The molecule has 8 N–H and O–H groups in total. The average molecular weight is 476 g/mol. The maximum absolute atomic E-state index is 13.0. The highest BCUT2D eigenvalue weighted by Gasteiger charge is 2.38. The van der Waals surface area contributed by atoms with E-state index in [4.69, 9.17) is 11.5 Å². The predicted octanol–water partition coefficient (Wildman–Crippen LogP) is -1.38. The Morgan fingerprint density at radius 3 is 2.44 bits per heavy atom. The average Bonchev–Trinajstić information content (AvgIpc) is 3.23. The highest BCUT2D eigenvalue weighted by atomic mass is 32.2. The van der Waals surface area contributed by atoms with Crippen molar-refractivity contribution in [2.24, 2.45) is 11.5 Å². The van der Waals surface area contributed by atoms with Crippen molar-refractivity contribution in [1.82, 2.24) is 15.5 Å². The molecule has 3 amide bonds. The first-order chi connectivity index (χ1) is 15.1. The molecular formula is C20H37N5O6S. The molecule has 11 nitrogen and oxygen atoms in total. The second-order valence-electron chi connectivity index (χ2n) is 7.99. The van der Waals surface area contributed by atoms with Gasteiger partial charge in [0.05, 0.1) is 12.1 Å². The van der Waals surface area contributed by atoms with Crippen LogP contribution in [-0.4, -0.2) is 94.2 Å². The standard InChI is InChI=1S/C20H37N5O6S/c1-12(26)16(20(30)31)24-17(27)14(6-3-4-9-21)23-18(28)15-7-5-10-25(15)19(29)13(22)8-11-32-2/h12-16,26H,3-11,21-22H2,1-2H3,(H,23,28)(H,24,27)(H,30,31).